The highest BCUT2D eigenvalue weighted by atomic mass is 19.1. The minimum atomic E-state index is -0.834. The van der Waals surface area contributed by atoms with Gasteiger partial charge in [0.1, 0.15) is 17.4 Å². The predicted molar refractivity (Wildman–Crippen MR) is 78.0 cm³/mol. The summed E-state index contributed by atoms with van der Waals surface area (Å²) in [6, 6.07) is 7.73. The van der Waals surface area contributed by atoms with Crippen molar-refractivity contribution in [2.45, 2.75) is 6.61 Å². The highest BCUT2D eigenvalue weighted by Gasteiger charge is 2.12. The van der Waals surface area contributed by atoms with Gasteiger partial charge in [-0.1, -0.05) is 0 Å². The first-order valence-corrected chi connectivity index (χ1v) is 6.47. The van der Waals surface area contributed by atoms with E-state index in [9.17, 15) is 13.6 Å². The molecule has 116 valence electrons. The van der Waals surface area contributed by atoms with Crippen molar-refractivity contribution in [3.05, 3.63) is 59.2 Å². The van der Waals surface area contributed by atoms with Crippen LogP contribution >= 0.6 is 0 Å². The fraction of sp³-hybridized carbons (Fsp3) is 0.188. The number of nitrogens with one attached hydrogen (secondary N) is 1. The summed E-state index contributed by atoms with van der Waals surface area (Å²) in [5, 5.41) is 2.40. The summed E-state index contributed by atoms with van der Waals surface area (Å²) in [6.45, 7) is 0.273. The van der Waals surface area contributed by atoms with Gasteiger partial charge in [-0.3, -0.25) is 4.79 Å². The lowest BCUT2D eigenvalue weighted by molar-refractivity contribution is 0.102. The van der Waals surface area contributed by atoms with Crippen LogP contribution in [-0.4, -0.2) is 20.1 Å². The van der Waals surface area contributed by atoms with Crippen LogP contribution in [0.4, 0.5) is 14.5 Å². The number of benzene rings is 2. The second-order valence-corrected chi connectivity index (χ2v) is 4.54. The van der Waals surface area contributed by atoms with E-state index in [1.165, 1.54) is 20.3 Å². The maximum absolute atomic E-state index is 13.6. The Hall–Kier alpha value is -2.47. The van der Waals surface area contributed by atoms with Crippen LogP contribution in [0, 0.1) is 11.6 Å². The molecule has 0 saturated heterocycles. The topological polar surface area (TPSA) is 47.6 Å². The zero-order valence-electron chi connectivity index (χ0n) is 12.2. The fourth-order valence-electron chi connectivity index (χ4n) is 1.97. The molecule has 2 aromatic rings. The van der Waals surface area contributed by atoms with E-state index in [0.717, 1.165) is 6.07 Å². The van der Waals surface area contributed by atoms with Crippen LogP contribution < -0.4 is 10.1 Å². The zero-order valence-corrected chi connectivity index (χ0v) is 12.2. The van der Waals surface area contributed by atoms with Crippen LogP contribution in [0.25, 0.3) is 0 Å². The van der Waals surface area contributed by atoms with E-state index in [1.54, 1.807) is 18.2 Å². The first-order chi connectivity index (χ1) is 10.5. The van der Waals surface area contributed by atoms with Gasteiger partial charge in [0.2, 0.25) is 0 Å². The lowest BCUT2D eigenvalue weighted by atomic mass is 10.1. The minimum Gasteiger partial charge on any atom is -0.496 e. The highest BCUT2D eigenvalue weighted by molar-refractivity contribution is 6.04. The van der Waals surface area contributed by atoms with Crippen LogP contribution in [0.3, 0.4) is 0 Å². The van der Waals surface area contributed by atoms with E-state index in [4.69, 9.17) is 9.47 Å². The van der Waals surface area contributed by atoms with Crippen LogP contribution in [0.1, 0.15) is 15.9 Å². The molecule has 0 radical (unpaired) electrons. The van der Waals surface area contributed by atoms with Gasteiger partial charge in [-0.15, -0.1) is 0 Å². The van der Waals surface area contributed by atoms with Crippen molar-refractivity contribution in [1.82, 2.24) is 0 Å². The number of carbonyl (C=O) groups is 1. The number of amides is 1. The van der Waals surface area contributed by atoms with E-state index >= 15 is 0 Å². The maximum atomic E-state index is 13.6. The summed E-state index contributed by atoms with van der Waals surface area (Å²) in [7, 11) is 3.04. The maximum Gasteiger partial charge on any atom is 0.255 e. The second kappa shape index (κ2) is 7.00. The number of anilines is 1. The Morgan fingerprint density at radius 1 is 1.14 bits per heavy atom. The number of carbonyl (C=O) groups excluding carboxylic acids is 1. The average Bonchev–Trinajstić information content (AvgIpc) is 2.50. The van der Waals surface area contributed by atoms with Gasteiger partial charge in [-0.2, -0.15) is 0 Å². The molecule has 0 aliphatic carbocycles. The summed E-state index contributed by atoms with van der Waals surface area (Å²) in [6.07, 6.45) is 0. The molecule has 0 fully saturated rings. The van der Waals surface area contributed by atoms with Crippen molar-refractivity contribution in [3.63, 3.8) is 0 Å². The standard InChI is InChI=1S/C16H15F2NO3/c1-21-9-11-7-10(3-6-15(11)22-2)16(20)19-14-5-4-12(17)8-13(14)18/h3-8H,9H2,1-2H3,(H,19,20). The Balaban J connectivity index is 2.23. The average molecular weight is 307 g/mol. The van der Waals surface area contributed by atoms with E-state index in [-0.39, 0.29) is 12.3 Å². The molecule has 0 bridgehead atoms. The summed E-state index contributed by atoms with van der Waals surface area (Å²) >= 11 is 0. The Morgan fingerprint density at radius 2 is 1.91 bits per heavy atom. The van der Waals surface area contributed by atoms with E-state index in [0.29, 0.717) is 22.9 Å². The molecule has 6 heteroatoms. The summed E-state index contributed by atoms with van der Waals surface area (Å²) in [5.41, 5.74) is 0.921. The molecule has 0 aromatic heterocycles. The van der Waals surface area contributed by atoms with E-state index < -0.39 is 17.5 Å². The molecule has 0 heterocycles. The van der Waals surface area contributed by atoms with Gasteiger partial charge in [-0.25, -0.2) is 8.78 Å². The molecule has 1 amide bonds. The highest BCUT2D eigenvalue weighted by Crippen LogP contribution is 2.22. The number of hydrogen-bond acceptors (Lipinski definition) is 3. The molecule has 0 aliphatic heterocycles. The van der Waals surface area contributed by atoms with Gasteiger partial charge in [-0.05, 0) is 30.3 Å². The molecule has 22 heavy (non-hydrogen) atoms. The largest absolute Gasteiger partial charge is 0.496 e. The van der Waals surface area contributed by atoms with Crippen LogP contribution in [-0.2, 0) is 11.3 Å². The third-order valence-corrected chi connectivity index (χ3v) is 3.02. The number of rotatable bonds is 5. The van der Waals surface area contributed by atoms with Gasteiger partial charge in [0, 0.05) is 24.3 Å². The van der Waals surface area contributed by atoms with Gasteiger partial charge in [0.15, 0.2) is 0 Å². The molecule has 2 aromatic carbocycles. The van der Waals surface area contributed by atoms with Crippen molar-refractivity contribution in [2.24, 2.45) is 0 Å². The molecular weight excluding hydrogens is 292 g/mol. The molecule has 2 rings (SSSR count). The Bertz CT molecular complexity index is 689. The first kappa shape index (κ1) is 15.9. The zero-order chi connectivity index (χ0) is 16.1. The number of ether oxygens (including phenoxy) is 2. The lowest BCUT2D eigenvalue weighted by Gasteiger charge is -2.11. The van der Waals surface area contributed by atoms with Crippen LogP contribution in [0.5, 0.6) is 5.75 Å². The number of halogens is 2. The number of hydrogen-bond donors (Lipinski definition) is 1. The van der Waals surface area contributed by atoms with Gasteiger partial charge >= 0.3 is 0 Å². The van der Waals surface area contributed by atoms with E-state index in [2.05, 4.69) is 5.32 Å². The third kappa shape index (κ3) is 3.59. The Labute approximate surface area is 126 Å². The third-order valence-electron chi connectivity index (χ3n) is 3.02. The second-order valence-electron chi connectivity index (χ2n) is 4.54. The fourth-order valence-corrected chi connectivity index (χ4v) is 1.97. The number of methoxy groups -OCH3 is 2. The van der Waals surface area contributed by atoms with Crippen molar-refractivity contribution >= 4 is 11.6 Å². The monoisotopic (exact) mass is 307 g/mol. The van der Waals surface area contributed by atoms with Crippen molar-refractivity contribution in [2.75, 3.05) is 19.5 Å². The molecular formula is C16H15F2NO3. The van der Waals surface area contributed by atoms with Crippen LogP contribution in [0.15, 0.2) is 36.4 Å². The van der Waals surface area contributed by atoms with Gasteiger partial charge in [0.25, 0.3) is 5.91 Å². The predicted octanol–water partition coefficient (Wildman–Crippen LogP) is 3.37. The molecule has 0 saturated carbocycles. The van der Waals surface area contributed by atoms with Crippen molar-refractivity contribution < 1.29 is 23.0 Å². The summed E-state index contributed by atoms with van der Waals surface area (Å²) < 4.78 is 36.6. The Morgan fingerprint density at radius 3 is 2.55 bits per heavy atom. The molecule has 0 spiro atoms. The minimum absolute atomic E-state index is 0.0875. The SMILES string of the molecule is COCc1cc(C(=O)Nc2ccc(F)cc2F)ccc1OC. The van der Waals surface area contributed by atoms with E-state index in [1.807, 2.05) is 0 Å². The van der Waals surface area contributed by atoms with Gasteiger partial charge in [0.05, 0.1) is 19.4 Å². The summed E-state index contributed by atoms with van der Waals surface area (Å²) in [4.78, 5) is 12.2. The molecule has 0 unspecified atom stereocenters. The Kier molecular flexibility index (Phi) is 5.06. The van der Waals surface area contributed by atoms with Crippen molar-refractivity contribution in [1.29, 1.82) is 0 Å². The molecule has 0 atom stereocenters. The van der Waals surface area contributed by atoms with Crippen molar-refractivity contribution in [3.8, 4) is 5.75 Å². The first-order valence-electron chi connectivity index (χ1n) is 6.47. The molecule has 1 N–H and O–H groups in total. The summed E-state index contributed by atoms with van der Waals surface area (Å²) in [5.74, 6) is -1.46. The normalized spacial score (nSPS) is 10.4. The molecule has 0 aliphatic rings. The quantitative estimate of drug-likeness (QED) is 0.921. The van der Waals surface area contributed by atoms with Crippen LogP contribution in [0.2, 0.25) is 0 Å². The lowest BCUT2D eigenvalue weighted by Crippen LogP contribution is -2.13. The van der Waals surface area contributed by atoms with Gasteiger partial charge < -0.3 is 14.8 Å². The smallest absolute Gasteiger partial charge is 0.255 e. The molecule has 4 nitrogen and oxygen atoms in total.